The number of nitrogens with zero attached hydrogens (tertiary/aromatic N) is 2. The molecule has 0 fully saturated rings. The number of nitriles is 1. The maximum absolute atomic E-state index is 9.44. The lowest BCUT2D eigenvalue weighted by atomic mass is 9.96. The van der Waals surface area contributed by atoms with E-state index in [1.54, 1.807) is 14.2 Å². The number of nitrogens with two attached hydrogens (primary N) is 1. The van der Waals surface area contributed by atoms with Crippen LogP contribution in [0, 0.1) is 11.3 Å². The molecule has 0 bridgehead atoms. The predicted molar refractivity (Wildman–Crippen MR) is 86.0 cm³/mol. The number of rotatable bonds is 4. The normalized spacial score (nSPS) is 10.4. The molecule has 0 saturated carbocycles. The summed E-state index contributed by atoms with van der Waals surface area (Å²) in [5.41, 5.74) is 8.60. The summed E-state index contributed by atoms with van der Waals surface area (Å²) in [5.74, 6) is 1.60. The van der Waals surface area contributed by atoms with Crippen molar-refractivity contribution in [1.82, 2.24) is 4.98 Å². The zero-order chi connectivity index (χ0) is 16.3. The van der Waals surface area contributed by atoms with Gasteiger partial charge in [-0.1, -0.05) is 26.0 Å². The Labute approximate surface area is 130 Å². The van der Waals surface area contributed by atoms with E-state index in [0.29, 0.717) is 22.6 Å². The largest absolute Gasteiger partial charge is 0.493 e. The molecule has 0 amide bonds. The number of anilines is 1. The van der Waals surface area contributed by atoms with Gasteiger partial charge in [0.2, 0.25) is 0 Å². The molecule has 0 aliphatic heterocycles. The van der Waals surface area contributed by atoms with Crippen molar-refractivity contribution in [3.63, 3.8) is 0 Å². The van der Waals surface area contributed by atoms with Crippen LogP contribution in [0.5, 0.6) is 11.5 Å². The van der Waals surface area contributed by atoms with Crippen LogP contribution in [-0.2, 0) is 0 Å². The molecule has 0 radical (unpaired) electrons. The molecule has 5 nitrogen and oxygen atoms in total. The standard InChI is InChI=1S/C17H19N3O2/c1-10(2)14-8-12(13(9-18)17(19)20-14)11-6-5-7-15(21-3)16(11)22-4/h5-8,10H,1-4H3,(H2,19,20). The third-order valence-corrected chi connectivity index (χ3v) is 3.46. The highest BCUT2D eigenvalue weighted by Gasteiger charge is 2.18. The number of hydrogen-bond donors (Lipinski definition) is 1. The fourth-order valence-corrected chi connectivity index (χ4v) is 2.31. The maximum atomic E-state index is 9.44. The molecule has 0 saturated heterocycles. The van der Waals surface area contributed by atoms with E-state index >= 15 is 0 Å². The summed E-state index contributed by atoms with van der Waals surface area (Å²) in [6.45, 7) is 4.06. The minimum Gasteiger partial charge on any atom is -0.493 e. The number of benzene rings is 1. The second-order valence-corrected chi connectivity index (χ2v) is 5.16. The summed E-state index contributed by atoms with van der Waals surface area (Å²) in [6.07, 6.45) is 0. The van der Waals surface area contributed by atoms with Crippen molar-refractivity contribution in [1.29, 1.82) is 5.26 Å². The van der Waals surface area contributed by atoms with Crippen LogP contribution in [0.1, 0.15) is 31.0 Å². The van der Waals surface area contributed by atoms with E-state index in [-0.39, 0.29) is 11.7 Å². The second-order valence-electron chi connectivity index (χ2n) is 5.16. The van der Waals surface area contributed by atoms with E-state index in [1.807, 2.05) is 38.1 Å². The summed E-state index contributed by atoms with van der Waals surface area (Å²) in [7, 11) is 3.15. The average molecular weight is 297 g/mol. The minimum atomic E-state index is 0.199. The lowest BCUT2D eigenvalue weighted by Crippen LogP contribution is -2.04. The van der Waals surface area contributed by atoms with E-state index in [9.17, 15) is 5.26 Å². The molecule has 0 atom stereocenters. The molecule has 2 rings (SSSR count). The van der Waals surface area contributed by atoms with E-state index in [1.165, 1.54) is 0 Å². The SMILES string of the molecule is COc1cccc(-c2cc(C(C)C)nc(N)c2C#N)c1OC. The number of nitrogen functional groups attached to an aromatic ring is 1. The lowest BCUT2D eigenvalue weighted by molar-refractivity contribution is 0.356. The van der Waals surface area contributed by atoms with Gasteiger partial charge >= 0.3 is 0 Å². The molecule has 22 heavy (non-hydrogen) atoms. The van der Waals surface area contributed by atoms with Gasteiger partial charge in [0.05, 0.1) is 14.2 Å². The van der Waals surface area contributed by atoms with Crippen LogP contribution in [0.4, 0.5) is 5.82 Å². The van der Waals surface area contributed by atoms with Gasteiger partial charge in [-0.3, -0.25) is 0 Å². The van der Waals surface area contributed by atoms with Crippen molar-refractivity contribution in [2.24, 2.45) is 0 Å². The smallest absolute Gasteiger partial charge is 0.168 e. The van der Waals surface area contributed by atoms with Crippen molar-refractivity contribution < 1.29 is 9.47 Å². The molecular weight excluding hydrogens is 278 g/mol. The van der Waals surface area contributed by atoms with Gasteiger partial charge in [0.15, 0.2) is 11.5 Å². The Bertz CT molecular complexity index is 733. The van der Waals surface area contributed by atoms with Crippen LogP contribution < -0.4 is 15.2 Å². The average Bonchev–Trinajstić information content (AvgIpc) is 2.52. The van der Waals surface area contributed by atoms with Gasteiger partial charge in [-0.25, -0.2) is 4.98 Å². The molecule has 5 heteroatoms. The molecular formula is C17H19N3O2. The van der Waals surface area contributed by atoms with Crippen molar-refractivity contribution in [2.45, 2.75) is 19.8 Å². The quantitative estimate of drug-likeness (QED) is 0.936. The van der Waals surface area contributed by atoms with Gasteiger partial charge in [-0.2, -0.15) is 5.26 Å². The van der Waals surface area contributed by atoms with Gasteiger partial charge in [0.25, 0.3) is 0 Å². The number of methoxy groups -OCH3 is 2. The van der Waals surface area contributed by atoms with Gasteiger partial charge < -0.3 is 15.2 Å². The van der Waals surface area contributed by atoms with Crippen molar-refractivity contribution in [3.8, 4) is 28.7 Å². The Balaban J connectivity index is 2.79. The Kier molecular flexibility index (Phi) is 4.52. The van der Waals surface area contributed by atoms with Crippen LogP contribution in [0.2, 0.25) is 0 Å². The van der Waals surface area contributed by atoms with Crippen molar-refractivity contribution >= 4 is 5.82 Å². The number of para-hydroxylation sites is 1. The summed E-state index contributed by atoms with van der Waals surface area (Å²) in [4.78, 5) is 4.31. The predicted octanol–water partition coefficient (Wildman–Crippen LogP) is 3.34. The van der Waals surface area contributed by atoms with Gasteiger partial charge in [-0.15, -0.1) is 0 Å². The fraction of sp³-hybridized carbons (Fsp3) is 0.294. The molecule has 0 spiro atoms. The van der Waals surface area contributed by atoms with Crippen LogP contribution >= 0.6 is 0 Å². The highest BCUT2D eigenvalue weighted by atomic mass is 16.5. The molecule has 1 aromatic heterocycles. The number of ether oxygens (including phenoxy) is 2. The zero-order valence-corrected chi connectivity index (χ0v) is 13.2. The minimum absolute atomic E-state index is 0.199. The van der Waals surface area contributed by atoms with E-state index in [2.05, 4.69) is 11.1 Å². The first-order valence-corrected chi connectivity index (χ1v) is 6.95. The molecule has 0 aliphatic rings. The van der Waals surface area contributed by atoms with Crippen molar-refractivity contribution in [2.75, 3.05) is 20.0 Å². The number of pyridine rings is 1. The van der Waals surface area contributed by atoms with Gasteiger partial charge in [-0.05, 0) is 18.1 Å². The van der Waals surface area contributed by atoms with Crippen LogP contribution in [0.15, 0.2) is 24.3 Å². The Hall–Kier alpha value is -2.74. The molecule has 2 aromatic rings. The van der Waals surface area contributed by atoms with E-state index in [4.69, 9.17) is 15.2 Å². The van der Waals surface area contributed by atoms with Crippen LogP contribution in [0.3, 0.4) is 0 Å². The molecule has 114 valence electrons. The monoisotopic (exact) mass is 297 g/mol. The van der Waals surface area contributed by atoms with Crippen LogP contribution in [0.25, 0.3) is 11.1 Å². The highest BCUT2D eigenvalue weighted by molar-refractivity contribution is 5.81. The maximum Gasteiger partial charge on any atom is 0.168 e. The summed E-state index contributed by atoms with van der Waals surface area (Å²) < 4.78 is 10.8. The summed E-state index contributed by atoms with van der Waals surface area (Å²) in [5, 5.41) is 9.44. The first-order valence-electron chi connectivity index (χ1n) is 6.95. The molecule has 2 N–H and O–H groups in total. The van der Waals surface area contributed by atoms with E-state index in [0.717, 1.165) is 11.3 Å². The van der Waals surface area contributed by atoms with Gasteiger partial charge in [0.1, 0.15) is 17.5 Å². The Morgan fingerprint density at radius 3 is 2.45 bits per heavy atom. The first-order chi connectivity index (χ1) is 10.5. The Morgan fingerprint density at radius 1 is 1.18 bits per heavy atom. The fourth-order valence-electron chi connectivity index (χ4n) is 2.31. The summed E-state index contributed by atoms with van der Waals surface area (Å²) >= 11 is 0. The zero-order valence-electron chi connectivity index (χ0n) is 13.2. The lowest BCUT2D eigenvalue weighted by Gasteiger charge is -2.16. The van der Waals surface area contributed by atoms with Crippen molar-refractivity contribution in [3.05, 3.63) is 35.5 Å². The first kappa shape index (κ1) is 15.6. The second kappa shape index (κ2) is 6.35. The van der Waals surface area contributed by atoms with E-state index < -0.39 is 0 Å². The molecule has 0 unspecified atom stereocenters. The van der Waals surface area contributed by atoms with Gasteiger partial charge in [0, 0.05) is 16.8 Å². The van der Waals surface area contributed by atoms with Crippen LogP contribution in [-0.4, -0.2) is 19.2 Å². The third-order valence-electron chi connectivity index (χ3n) is 3.46. The highest BCUT2D eigenvalue weighted by Crippen LogP contribution is 2.40. The molecule has 1 aromatic carbocycles. The Morgan fingerprint density at radius 2 is 1.91 bits per heavy atom. The number of aromatic nitrogens is 1. The molecule has 1 heterocycles. The third kappa shape index (κ3) is 2.68. The summed E-state index contributed by atoms with van der Waals surface area (Å²) in [6, 6.07) is 9.55. The molecule has 0 aliphatic carbocycles. The number of hydrogen-bond acceptors (Lipinski definition) is 5. The topological polar surface area (TPSA) is 81.2 Å².